The van der Waals surface area contributed by atoms with Gasteiger partial charge in [-0.3, -0.25) is 9.59 Å². The monoisotopic (exact) mass is 868 g/mol. The number of carboxylic acids is 1. The Morgan fingerprint density at radius 1 is 0.500 bits per heavy atom. The first-order chi connectivity index (χ1) is 30.1. The van der Waals surface area contributed by atoms with Crippen LogP contribution in [0.2, 0.25) is 0 Å². The fraction of sp³-hybridized carbons (Fsp3) is 0.722. The molecule has 0 heterocycles. The Balaban J connectivity index is 4.35. The predicted molar refractivity (Wildman–Crippen MR) is 259 cm³/mol. The molecular formula is C54H93NO7. The van der Waals surface area contributed by atoms with E-state index in [1.165, 1.54) is 89.9 Å². The van der Waals surface area contributed by atoms with Crippen LogP contribution in [0.3, 0.4) is 0 Å². The second-order valence-electron chi connectivity index (χ2n) is 17.7. The van der Waals surface area contributed by atoms with Crippen LogP contribution >= 0.6 is 0 Å². The summed E-state index contributed by atoms with van der Waals surface area (Å²) >= 11 is 0. The number of hydrogen-bond acceptors (Lipinski definition) is 7. The van der Waals surface area contributed by atoms with Gasteiger partial charge >= 0.3 is 11.9 Å². The summed E-state index contributed by atoms with van der Waals surface area (Å²) in [7, 11) is 5.40. The standard InChI is InChI=1S/C54H93NO7/c1-6-8-10-12-14-16-18-20-22-24-26-28-30-32-34-36-38-40-42-44-52(56)61-49-50(48-60-47-46-51(54(58)59)55(3,4)5)62-53(57)45-43-41-39-37-35-33-31-29-27-25-23-21-19-17-15-13-11-9-7-2/h8,10,14,16,20,22,25-28,32,34,50-51H,6-7,9,11-13,15,17-19,21,23-24,29-31,33,35-49H2,1-5H3/b10-8+,16-14+,22-20+,27-25+,28-26+,34-32+. The van der Waals surface area contributed by atoms with Crippen LogP contribution in [0.5, 0.6) is 0 Å². The van der Waals surface area contributed by atoms with E-state index < -0.39 is 18.1 Å². The lowest BCUT2D eigenvalue weighted by atomic mass is 10.1. The van der Waals surface area contributed by atoms with Gasteiger partial charge in [0, 0.05) is 19.3 Å². The van der Waals surface area contributed by atoms with Crippen LogP contribution < -0.4 is 5.11 Å². The normalized spacial score (nSPS) is 13.5. The molecule has 0 fully saturated rings. The molecule has 0 rings (SSSR count). The number of hydrogen-bond donors (Lipinski definition) is 0. The van der Waals surface area contributed by atoms with Crippen molar-refractivity contribution in [1.29, 1.82) is 0 Å². The van der Waals surface area contributed by atoms with Gasteiger partial charge in [0.25, 0.3) is 0 Å². The molecule has 0 aliphatic heterocycles. The van der Waals surface area contributed by atoms with Crippen molar-refractivity contribution >= 4 is 17.9 Å². The van der Waals surface area contributed by atoms with E-state index in [0.29, 0.717) is 12.8 Å². The van der Waals surface area contributed by atoms with Crippen molar-refractivity contribution in [3.05, 3.63) is 72.9 Å². The van der Waals surface area contributed by atoms with Crippen LogP contribution in [0.4, 0.5) is 0 Å². The van der Waals surface area contributed by atoms with Gasteiger partial charge in [-0.1, -0.05) is 170 Å². The van der Waals surface area contributed by atoms with Crippen molar-refractivity contribution in [2.45, 2.75) is 212 Å². The third kappa shape index (κ3) is 42.1. The van der Waals surface area contributed by atoms with E-state index >= 15 is 0 Å². The number of carboxylic acid groups (broad SMARTS) is 1. The van der Waals surface area contributed by atoms with Gasteiger partial charge in [-0.25, -0.2) is 0 Å². The molecule has 0 bridgehead atoms. The number of ether oxygens (including phenoxy) is 3. The van der Waals surface area contributed by atoms with E-state index in [0.717, 1.165) is 77.0 Å². The molecule has 0 aromatic heterocycles. The molecule has 2 atom stereocenters. The maximum absolute atomic E-state index is 12.8. The Morgan fingerprint density at radius 3 is 1.37 bits per heavy atom. The number of carbonyl (C=O) groups excluding carboxylic acids is 3. The lowest BCUT2D eigenvalue weighted by Crippen LogP contribution is -2.55. The molecule has 0 spiro atoms. The zero-order valence-electron chi connectivity index (χ0n) is 40.5. The maximum Gasteiger partial charge on any atom is 0.306 e. The maximum atomic E-state index is 12.8. The molecule has 0 saturated carbocycles. The number of aliphatic carboxylic acids is 1. The minimum atomic E-state index is -1.13. The third-order valence-corrected chi connectivity index (χ3v) is 10.8. The van der Waals surface area contributed by atoms with Crippen molar-refractivity contribution in [3.63, 3.8) is 0 Å². The van der Waals surface area contributed by atoms with E-state index in [-0.39, 0.29) is 42.7 Å². The highest BCUT2D eigenvalue weighted by Gasteiger charge is 2.25. The Labute approximate surface area is 381 Å². The second-order valence-corrected chi connectivity index (χ2v) is 17.7. The summed E-state index contributed by atoms with van der Waals surface area (Å²) in [6.45, 7) is 4.51. The van der Waals surface area contributed by atoms with Crippen LogP contribution in [0, 0.1) is 0 Å². The molecule has 0 amide bonds. The number of nitrogens with zero attached hydrogens (tertiary/aromatic N) is 1. The van der Waals surface area contributed by atoms with Crippen LogP contribution in [0.15, 0.2) is 72.9 Å². The molecule has 0 N–H and O–H groups in total. The van der Waals surface area contributed by atoms with Crippen molar-refractivity contribution in [3.8, 4) is 0 Å². The van der Waals surface area contributed by atoms with Crippen molar-refractivity contribution in [2.75, 3.05) is 41.0 Å². The summed E-state index contributed by atoms with van der Waals surface area (Å²) in [4.78, 5) is 37.0. The lowest BCUT2D eigenvalue weighted by Gasteiger charge is -2.34. The molecule has 0 saturated heterocycles. The smallest absolute Gasteiger partial charge is 0.306 e. The molecule has 356 valence electrons. The highest BCUT2D eigenvalue weighted by Crippen LogP contribution is 2.14. The van der Waals surface area contributed by atoms with E-state index in [4.69, 9.17) is 14.2 Å². The Morgan fingerprint density at radius 2 is 0.903 bits per heavy atom. The summed E-state index contributed by atoms with van der Waals surface area (Å²) in [5, 5.41) is 11.7. The summed E-state index contributed by atoms with van der Waals surface area (Å²) in [5.74, 6) is -1.78. The first-order valence-electron chi connectivity index (χ1n) is 25.0. The molecule has 0 aliphatic rings. The lowest BCUT2D eigenvalue weighted by molar-refractivity contribution is -0.889. The summed E-state index contributed by atoms with van der Waals surface area (Å²) < 4.78 is 17.2. The zero-order chi connectivity index (χ0) is 45.6. The van der Waals surface area contributed by atoms with Crippen molar-refractivity contribution in [2.24, 2.45) is 0 Å². The van der Waals surface area contributed by atoms with Crippen LogP contribution in [0.25, 0.3) is 0 Å². The highest BCUT2D eigenvalue weighted by atomic mass is 16.6. The molecule has 62 heavy (non-hydrogen) atoms. The van der Waals surface area contributed by atoms with Gasteiger partial charge in [-0.15, -0.1) is 0 Å². The van der Waals surface area contributed by atoms with Crippen molar-refractivity contribution < 1.29 is 38.2 Å². The zero-order valence-corrected chi connectivity index (χ0v) is 40.5. The molecule has 8 heteroatoms. The molecule has 0 radical (unpaired) electrons. The van der Waals surface area contributed by atoms with Gasteiger partial charge in [-0.05, 0) is 83.5 Å². The summed E-state index contributed by atoms with van der Waals surface area (Å²) in [6, 6.07) is -0.735. The number of carbonyl (C=O) groups is 3. The van der Waals surface area contributed by atoms with Crippen LogP contribution in [-0.2, 0) is 28.6 Å². The number of quaternary nitrogens is 1. The van der Waals surface area contributed by atoms with Gasteiger partial charge in [0.05, 0.1) is 40.3 Å². The molecule has 8 nitrogen and oxygen atoms in total. The van der Waals surface area contributed by atoms with Crippen LogP contribution in [-0.4, -0.2) is 75.5 Å². The van der Waals surface area contributed by atoms with Gasteiger partial charge in [0.15, 0.2) is 6.10 Å². The molecule has 0 aliphatic carbocycles. The predicted octanol–water partition coefficient (Wildman–Crippen LogP) is 13.0. The van der Waals surface area contributed by atoms with E-state index in [1.54, 1.807) is 21.1 Å². The SMILES string of the molecule is CC/C=C/C/C=C/C/C=C/C/C=C/C/C=C/CCCCCC(=O)OCC(COCCC(C(=O)[O-])[N+](C)(C)C)OC(=O)CCCCCCCCC/C=C/CCCCCCCCCC. The van der Waals surface area contributed by atoms with Crippen LogP contribution in [0.1, 0.15) is 200 Å². The molecule has 0 aromatic carbocycles. The van der Waals surface area contributed by atoms with E-state index in [1.807, 2.05) is 0 Å². The number of rotatable bonds is 44. The first-order valence-corrected chi connectivity index (χ1v) is 25.0. The number of allylic oxidation sites excluding steroid dienone is 12. The summed E-state index contributed by atoms with van der Waals surface area (Å²) in [6.07, 6.45) is 56.4. The van der Waals surface area contributed by atoms with Gasteiger partial charge in [-0.2, -0.15) is 0 Å². The Hall–Kier alpha value is -3.23. The van der Waals surface area contributed by atoms with E-state index in [2.05, 4.69) is 86.8 Å². The topological polar surface area (TPSA) is 102 Å². The second kappa shape index (κ2) is 44.4. The Kier molecular flexibility index (Phi) is 42.1. The number of unbranched alkanes of at least 4 members (excludes halogenated alkanes) is 18. The largest absolute Gasteiger partial charge is 0.544 e. The minimum absolute atomic E-state index is 0.0254. The first kappa shape index (κ1) is 58.8. The number of esters is 2. The highest BCUT2D eigenvalue weighted by molar-refractivity contribution is 5.70. The van der Waals surface area contributed by atoms with Gasteiger partial charge in [0.1, 0.15) is 12.6 Å². The Bertz CT molecular complexity index is 1240. The summed E-state index contributed by atoms with van der Waals surface area (Å²) in [5.41, 5.74) is 0. The molecule has 0 aromatic rings. The fourth-order valence-electron chi connectivity index (χ4n) is 6.97. The minimum Gasteiger partial charge on any atom is -0.544 e. The van der Waals surface area contributed by atoms with Gasteiger partial charge < -0.3 is 28.6 Å². The molecule has 2 unspecified atom stereocenters. The average molecular weight is 868 g/mol. The average Bonchev–Trinajstić information content (AvgIpc) is 3.23. The van der Waals surface area contributed by atoms with E-state index in [9.17, 15) is 19.5 Å². The quantitative estimate of drug-likeness (QED) is 0.0260. The number of likely N-dealkylation sites (N-methyl/N-ethyl adjacent to an activating group) is 1. The van der Waals surface area contributed by atoms with Gasteiger partial charge in [0.2, 0.25) is 0 Å². The van der Waals surface area contributed by atoms with Crippen molar-refractivity contribution in [1.82, 2.24) is 0 Å². The molecular weight excluding hydrogens is 775 g/mol. The third-order valence-electron chi connectivity index (χ3n) is 10.8. The fourth-order valence-corrected chi connectivity index (χ4v) is 6.97.